The van der Waals surface area contributed by atoms with Gasteiger partial charge in [0, 0.05) is 19.3 Å². The Morgan fingerprint density at radius 3 is 2.57 bits per heavy atom. The summed E-state index contributed by atoms with van der Waals surface area (Å²) in [4.78, 5) is 26.6. The molecule has 7 heteroatoms. The predicted molar refractivity (Wildman–Crippen MR) is 86.2 cm³/mol. The fourth-order valence-electron chi connectivity index (χ4n) is 2.93. The molecule has 0 radical (unpaired) electrons. The van der Waals surface area contributed by atoms with E-state index in [9.17, 15) is 14.7 Å². The first kappa shape index (κ1) is 17.4. The molecule has 0 bridgehead atoms. The topological polar surface area (TPSA) is 91.3 Å². The zero-order valence-corrected chi connectivity index (χ0v) is 13.7. The zero-order valence-electron chi connectivity index (χ0n) is 13.7. The van der Waals surface area contributed by atoms with Crippen molar-refractivity contribution >= 4 is 0 Å². The lowest BCUT2D eigenvalue weighted by Gasteiger charge is -2.31. The van der Waals surface area contributed by atoms with E-state index in [4.69, 9.17) is 5.26 Å². The number of rotatable bonds is 5. The van der Waals surface area contributed by atoms with E-state index in [0.717, 1.165) is 30.5 Å². The fraction of sp³-hybridized carbons (Fsp3) is 0.688. The lowest BCUT2D eigenvalue weighted by Crippen LogP contribution is -2.46. The van der Waals surface area contributed by atoms with Gasteiger partial charge in [-0.2, -0.15) is 5.26 Å². The van der Waals surface area contributed by atoms with Gasteiger partial charge in [0.15, 0.2) is 0 Å². The van der Waals surface area contributed by atoms with Gasteiger partial charge in [0.25, 0.3) is 5.56 Å². The number of hydrogen-bond acceptors (Lipinski definition) is 5. The van der Waals surface area contributed by atoms with Crippen molar-refractivity contribution in [1.29, 1.82) is 5.26 Å². The summed E-state index contributed by atoms with van der Waals surface area (Å²) in [6, 6.07) is 1.81. The first-order valence-corrected chi connectivity index (χ1v) is 8.11. The van der Waals surface area contributed by atoms with Crippen LogP contribution in [0.2, 0.25) is 0 Å². The van der Waals surface area contributed by atoms with Crippen LogP contribution in [0.25, 0.3) is 0 Å². The van der Waals surface area contributed by atoms with Crippen LogP contribution in [0.3, 0.4) is 0 Å². The molecule has 1 saturated heterocycles. The van der Waals surface area contributed by atoms with Gasteiger partial charge in [-0.25, -0.2) is 4.79 Å². The Bertz CT molecular complexity index is 693. The molecule has 23 heavy (non-hydrogen) atoms. The first-order valence-electron chi connectivity index (χ1n) is 8.11. The van der Waals surface area contributed by atoms with Gasteiger partial charge in [0.2, 0.25) is 0 Å². The number of aliphatic hydroxyl groups excluding tert-OH is 1. The number of aromatic nitrogens is 2. The summed E-state index contributed by atoms with van der Waals surface area (Å²) in [6.07, 6.45) is 2.66. The highest BCUT2D eigenvalue weighted by Gasteiger charge is 2.20. The van der Waals surface area contributed by atoms with E-state index in [1.807, 2.05) is 6.07 Å². The summed E-state index contributed by atoms with van der Waals surface area (Å²) < 4.78 is 2.29. The molecule has 1 aliphatic heterocycles. The van der Waals surface area contributed by atoms with Crippen molar-refractivity contribution < 1.29 is 5.11 Å². The highest BCUT2D eigenvalue weighted by atomic mass is 16.3. The van der Waals surface area contributed by atoms with E-state index in [-0.39, 0.29) is 12.1 Å². The average Bonchev–Trinajstić information content (AvgIpc) is 2.54. The molecular formula is C16H24N4O3. The Balaban J connectivity index is 2.14. The van der Waals surface area contributed by atoms with Gasteiger partial charge in [-0.05, 0) is 38.8 Å². The van der Waals surface area contributed by atoms with Crippen LogP contribution < -0.4 is 11.2 Å². The highest BCUT2D eigenvalue weighted by molar-refractivity contribution is 5.22. The maximum Gasteiger partial charge on any atom is 0.331 e. The van der Waals surface area contributed by atoms with Crippen LogP contribution in [0.15, 0.2) is 15.8 Å². The van der Waals surface area contributed by atoms with E-state index >= 15 is 0 Å². The van der Waals surface area contributed by atoms with E-state index < -0.39 is 17.4 Å². The van der Waals surface area contributed by atoms with Gasteiger partial charge >= 0.3 is 5.69 Å². The van der Waals surface area contributed by atoms with Crippen LogP contribution in [0.5, 0.6) is 0 Å². The van der Waals surface area contributed by atoms with Gasteiger partial charge in [0.05, 0.1) is 12.6 Å². The molecule has 0 aromatic carbocycles. The van der Waals surface area contributed by atoms with Gasteiger partial charge < -0.3 is 10.0 Å². The third-order valence-corrected chi connectivity index (χ3v) is 4.44. The Labute approximate surface area is 135 Å². The molecule has 1 atom stereocenters. The molecule has 1 aromatic heterocycles. The molecule has 0 amide bonds. The molecule has 0 spiro atoms. The molecule has 1 aliphatic rings. The van der Waals surface area contributed by atoms with Gasteiger partial charge in [-0.15, -0.1) is 0 Å². The first-order chi connectivity index (χ1) is 11.0. The van der Waals surface area contributed by atoms with Crippen LogP contribution in [0, 0.1) is 17.2 Å². The second-order valence-electron chi connectivity index (χ2n) is 6.28. The average molecular weight is 320 g/mol. The Morgan fingerprint density at radius 2 is 2.00 bits per heavy atom. The number of aryl methyl sites for hydroxylation is 1. The molecule has 0 unspecified atom stereocenters. The minimum atomic E-state index is -0.812. The van der Waals surface area contributed by atoms with E-state index in [2.05, 4.69) is 11.8 Å². The lowest BCUT2D eigenvalue weighted by molar-refractivity contribution is 0.0782. The summed E-state index contributed by atoms with van der Waals surface area (Å²) >= 11 is 0. The number of β-amino-alcohol motifs (C(OH)–C–C–N with tert-alkyl or cyclic N) is 1. The maximum absolute atomic E-state index is 12.3. The summed E-state index contributed by atoms with van der Waals surface area (Å²) in [5, 5.41) is 19.3. The van der Waals surface area contributed by atoms with Gasteiger partial charge in [-0.1, -0.05) is 6.92 Å². The van der Waals surface area contributed by atoms with Crippen LogP contribution in [0.4, 0.5) is 0 Å². The number of likely N-dealkylation sites (tertiary alicyclic amines) is 1. The summed E-state index contributed by atoms with van der Waals surface area (Å²) in [5.74, 6) is 0.704. The third-order valence-electron chi connectivity index (χ3n) is 4.44. The number of nitrogens with zero attached hydrogens (tertiary/aromatic N) is 4. The maximum atomic E-state index is 12.3. The van der Waals surface area contributed by atoms with Crippen molar-refractivity contribution in [2.24, 2.45) is 5.92 Å². The number of nitriles is 1. The van der Waals surface area contributed by atoms with E-state index in [1.54, 1.807) is 6.92 Å². The molecule has 7 nitrogen and oxygen atoms in total. The quantitative estimate of drug-likeness (QED) is 0.824. The second-order valence-corrected chi connectivity index (χ2v) is 6.28. The van der Waals surface area contributed by atoms with Crippen molar-refractivity contribution in [2.45, 2.75) is 45.9 Å². The van der Waals surface area contributed by atoms with Gasteiger partial charge in [0.1, 0.15) is 11.6 Å². The number of piperidine rings is 1. The molecular weight excluding hydrogens is 296 g/mol. The normalized spacial score (nSPS) is 17.8. The van der Waals surface area contributed by atoms with Crippen molar-refractivity contribution in [3.8, 4) is 6.07 Å². The standard InChI is InChI=1S/C16H24N4O3/c1-3-19-9-13(8-17)15(22)20(16(19)23)11-14(21)10-18-6-4-12(2)5-7-18/h9,12,14,21H,3-7,10-11H2,1-2H3/t14-/m0/s1. The Morgan fingerprint density at radius 1 is 1.35 bits per heavy atom. The SMILES string of the molecule is CCn1cc(C#N)c(=O)n(C[C@@H](O)CN2CCC(C)CC2)c1=O. The van der Waals surface area contributed by atoms with Crippen molar-refractivity contribution in [3.63, 3.8) is 0 Å². The third kappa shape index (κ3) is 4.09. The van der Waals surface area contributed by atoms with Crippen LogP contribution >= 0.6 is 0 Å². The predicted octanol–water partition coefficient (Wildman–Crippen LogP) is -0.00562. The van der Waals surface area contributed by atoms with E-state index in [0.29, 0.717) is 19.0 Å². The van der Waals surface area contributed by atoms with Crippen molar-refractivity contribution in [3.05, 3.63) is 32.6 Å². The minimum absolute atomic E-state index is 0.0783. The Kier molecular flexibility index (Phi) is 5.74. The second kappa shape index (κ2) is 7.57. The lowest BCUT2D eigenvalue weighted by atomic mass is 9.99. The monoisotopic (exact) mass is 320 g/mol. The molecule has 2 rings (SSSR count). The van der Waals surface area contributed by atoms with Crippen LogP contribution in [-0.4, -0.2) is 44.9 Å². The van der Waals surface area contributed by atoms with Crippen molar-refractivity contribution in [2.75, 3.05) is 19.6 Å². The Hall–Kier alpha value is -1.91. The smallest absolute Gasteiger partial charge is 0.331 e. The molecule has 1 aromatic rings. The van der Waals surface area contributed by atoms with Crippen molar-refractivity contribution in [1.82, 2.24) is 14.0 Å². The molecule has 1 fully saturated rings. The molecule has 1 N–H and O–H groups in total. The molecule has 0 aliphatic carbocycles. The highest BCUT2D eigenvalue weighted by Crippen LogP contribution is 2.15. The molecule has 2 heterocycles. The number of aliphatic hydroxyl groups is 1. The molecule has 126 valence electrons. The molecule has 0 saturated carbocycles. The zero-order chi connectivity index (χ0) is 17.0. The summed E-state index contributed by atoms with van der Waals surface area (Å²) in [6.45, 7) is 6.54. The minimum Gasteiger partial charge on any atom is -0.390 e. The van der Waals surface area contributed by atoms with E-state index in [1.165, 1.54) is 10.8 Å². The largest absolute Gasteiger partial charge is 0.390 e. The van der Waals surface area contributed by atoms with Crippen LogP contribution in [0.1, 0.15) is 32.3 Å². The van der Waals surface area contributed by atoms with Crippen LogP contribution in [-0.2, 0) is 13.1 Å². The van der Waals surface area contributed by atoms with Gasteiger partial charge in [-0.3, -0.25) is 13.9 Å². The summed E-state index contributed by atoms with van der Waals surface area (Å²) in [7, 11) is 0. The summed E-state index contributed by atoms with van der Waals surface area (Å²) in [5.41, 5.74) is -1.19. The number of hydrogen-bond donors (Lipinski definition) is 1. The fourth-order valence-corrected chi connectivity index (χ4v) is 2.93.